The molecule has 2 aliphatic heterocycles. The van der Waals surface area contributed by atoms with Gasteiger partial charge in [-0.3, -0.25) is 20.4 Å². The number of aliphatic carboxylic acids is 1. The Balaban J connectivity index is 2.14. The van der Waals surface area contributed by atoms with Crippen LogP contribution in [0.3, 0.4) is 0 Å². The summed E-state index contributed by atoms with van der Waals surface area (Å²) in [5.74, 6) is -3.01. The number of carboxylic acid groups (broad SMARTS) is 1. The molecule has 3 atom stereocenters. The van der Waals surface area contributed by atoms with E-state index < -0.39 is 42.3 Å². The number of amides is 4. The molecule has 1 fully saturated rings. The Labute approximate surface area is 129 Å². The number of fused-ring (bicyclic) bond motifs is 2. The van der Waals surface area contributed by atoms with E-state index in [-0.39, 0.29) is 6.54 Å². The molecule has 2 heterocycles. The zero-order valence-corrected chi connectivity index (χ0v) is 12.3. The zero-order chi connectivity index (χ0) is 17.3. The number of carbonyl (C=O) groups is 4. The zero-order valence-electron chi connectivity index (χ0n) is 12.3. The Morgan fingerprint density at radius 2 is 2.09 bits per heavy atom. The molecule has 0 spiro atoms. The van der Waals surface area contributed by atoms with E-state index in [1.54, 1.807) is 6.92 Å². The van der Waals surface area contributed by atoms with Gasteiger partial charge in [-0.05, 0) is 12.5 Å². The number of hydrazine groups is 1. The number of nitrogens with one attached hydrogen (secondary N) is 2. The Kier molecular flexibility index (Phi) is 4.50. The molecule has 0 aromatic rings. The summed E-state index contributed by atoms with van der Waals surface area (Å²) in [6, 6.07) is -2.55. The van der Waals surface area contributed by atoms with Crippen molar-refractivity contribution in [1.82, 2.24) is 20.8 Å². The highest BCUT2D eigenvalue weighted by Crippen LogP contribution is 2.30. The number of rotatable bonds is 4. The van der Waals surface area contributed by atoms with Crippen LogP contribution in [0, 0.1) is 0 Å². The molecular formula is C12H15FN4O6. The van der Waals surface area contributed by atoms with Crippen molar-refractivity contribution in [3.8, 4) is 0 Å². The first-order chi connectivity index (χ1) is 10.7. The number of carboxylic acids is 1. The van der Waals surface area contributed by atoms with E-state index in [9.17, 15) is 23.6 Å². The fraction of sp³-hybridized carbons (Fsp3) is 0.500. The van der Waals surface area contributed by atoms with Crippen molar-refractivity contribution >= 4 is 23.8 Å². The molecule has 0 saturated carbocycles. The summed E-state index contributed by atoms with van der Waals surface area (Å²) in [4.78, 5) is 51.2. The maximum atomic E-state index is 13.2. The van der Waals surface area contributed by atoms with Crippen molar-refractivity contribution in [2.75, 3.05) is 6.54 Å². The lowest BCUT2D eigenvalue weighted by Crippen LogP contribution is -2.54. The van der Waals surface area contributed by atoms with Gasteiger partial charge < -0.3 is 10.0 Å². The first-order valence-electron chi connectivity index (χ1n) is 6.60. The van der Waals surface area contributed by atoms with Crippen LogP contribution in [-0.2, 0) is 19.2 Å². The normalized spacial score (nSPS) is 24.1. The van der Waals surface area contributed by atoms with Gasteiger partial charge in [0.2, 0.25) is 5.91 Å². The minimum absolute atomic E-state index is 0.0284. The van der Waals surface area contributed by atoms with E-state index in [1.807, 2.05) is 0 Å². The Morgan fingerprint density at radius 3 is 2.65 bits per heavy atom. The molecule has 1 unspecified atom stereocenters. The molecule has 0 aromatic carbocycles. The number of halogens is 1. The summed E-state index contributed by atoms with van der Waals surface area (Å²) in [6.45, 7) is 2.81. The van der Waals surface area contributed by atoms with E-state index in [0.29, 0.717) is 10.6 Å². The number of hydrogen-bond acceptors (Lipinski definition) is 5. The van der Waals surface area contributed by atoms with Gasteiger partial charge in [-0.2, -0.15) is 5.06 Å². The molecule has 3 N–H and O–H groups in total. The van der Waals surface area contributed by atoms with Crippen LogP contribution in [-0.4, -0.2) is 63.9 Å². The topological polar surface area (TPSA) is 128 Å². The molecule has 0 aromatic heterocycles. The number of carbonyl (C=O) groups excluding carboxylic acids is 3. The maximum absolute atomic E-state index is 13.2. The van der Waals surface area contributed by atoms with Gasteiger partial charge in [0.25, 0.3) is 5.91 Å². The second-order valence-corrected chi connectivity index (χ2v) is 5.07. The third-order valence-corrected chi connectivity index (χ3v) is 3.33. The van der Waals surface area contributed by atoms with E-state index in [4.69, 9.17) is 5.11 Å². The summed E-state index contributed by atoms with van der Waals surface area (Å²) in [5, 5.41) is 9.10. The van der Waals surface area contributed by atoms with E-state index >= 15 is 0 Å². The predicted molar refractivity (Wildman–Crippen MR) is 70.9 cm³/mol. The first kappa shape index (κ1) is 16.7. The molecule has 10 nitrogen and oxygen atoms in total. The van der Waals surface area contributed by atoms with Crippen LogP contribution in [0.25, 0.3) is 0 Å². The molecule has 23 heavy (non-hydrogen) atoms. The van der Waals surface area contributed by atoms with Crippen molar-refractivity contribution < 1.29 is 33.5 Å². The summed E-state index contributed by atoms with van der Waals surface area (Å²) < 4.78 is 13.2. The Bertz CT molecular complexity index is 594. The van der Waals surface area contributed by atoms with Gasteiger partial charge in [0.05, 0.1) is 12.6 Å². The number of hydrogen-bond donors (Lipinski definition) is 3. The summed E-state index contributed by atoms with van der Waals surface area (Å²) in [7, 11) is 0. The van der Waals surface area contributed by atoms with Crippen LogP contribution < -0.4 is 10.9 Å². The fourth-order valence-corrected chi connectivity index (χ4v) is 2.43. The minimum Gasteiger partial charge on any atom is -0.477 e. The molecule has 1 saturated heterocycles. The predicted octanol–water partition coefficient (Wildman–Crippen LogP) is -1.10. The molecule has 2 bridgehead atoms. The van der Waals surface area contributed by atoms with Crippen LogP contribution in [0.15, 0.2) is 11.6 Å². The lowest BCUT2D eigenvalue weighted by molar-refractivity contribution is -0.219. The number of hydroxylamine groups is 2. The van der Waals surface area contributed by atoms with Crippen LogP contribution in [0.1, 0.15) is 13.8 Å². The molecule has 4 amide bonds. The molecule has 2 rings (SSSR count). The minimum atomic E-state index is -2.69. The average molecular weight is 330 g/mol. The van der Waals surface area contributed by atoms with Crippen LogP contribution in [0.4, 0.5) is 9.18 Å². The van der Waals surface area contributed by atoms with Crippen LogP contribution in [0.2, 0.25) is 0 Å². The number of urea groups is 1. The van der Waals surface area contributed by atoms with Gasteiger partial charge in [-0.15, -0.1) is 0 Å². The summed E-state index contributed by atoms with van der Waals surface area (Å²) in [5.41, 5.74) is 4.75. The van der Waals surface area contributed by atoms with Crippen molar-refractivity contribution in [2.24, 2.45) is 0 Å². The maximum Gasteiger partial charge on any atom is 0.368 e. The van der Waals surface area contributed by atoms with E-state index in [2.05, 4.69) is 15.7 Å². The van der Waals surface area contributed by atoms with Crippen molar-refractivity contribution in [2.45, 2.75) is 32.3 Å². The van der Waals surface area contributed by atoms with Crippen LogP contribution >= 0.6 is 0 Å². The number of nitrogens with zero attached hydrogens (tertiary/aromatic N) is 2. The van der Waals surface area contributed by atoms with Crippen molar-refractivity contribution in [1.29, 1.82) is 0 Å². The second kappa shape index (κ2) is 6.20. The summed E-state index contributed by atoms with van der Waals surface area (Å²) in [6.07, 6.45) is -1.19. The van der Waals surface area contributed by atoms with Crippen LogP contribution in [0.5, 0.6) is 0 Å². The highest BCUT2D eigenvalue weighted by atomic mass is 19.1. The SMILES string of the molecule is CC(=O)NNC(=O)[C@@H]1C(C)=C[C@H]2CN1C(=O)N2OC(F)C(=O)O. The standard InChI is InChI=1S/C12H15FN4O6/c1-5-3-7-4-16(8(5)10(19)15-14-6(2)18)12(22)17(7)23-9(13)11(20)21/h3,7-9H,4H2,1-2H3,(H,14,18)(H,15,19)(H,20,21)/t7-,8-,9?/m0/s1. The van der Waals surface area contributed by atoms with E-state index in [1.165, 1.54) is 13.0 Å². The highest BCUT2D eigenvalue weighted by molar-refractivity contribution is 5.92. The molecule has 0 radical (unpaired) electrons. The van der Waals surface area contributed by atoms with Crippen molar-refractivity contribution in [3.63, 3.8) is 0 Å². The summed E-state index contributed by atoms with van der Waals surface area (Å²) >= 11 is 0. The first-order valence-corrected chi connectivity index (χ1v) is 6.60. The van der Waals surface area contributed by atoms with Gasteiger partial charge in [0.1, 0.15) is 6.04 Å². The monoisotopic (exact) mass is 330 g/mol. The van der Waals surface area contributed by atoms with Crippen molar-refractivity contribution in [3.05, 3.63) is 11.6 Å². The third-order valence-electron chi connectivity index (χ3n) is 3.33. The lowest BCUT2D eigenvalue weighted by atomic mass is 10.0. The largest absolute Gasteiger partial charge is 0.477 e. The molecule has 2 aliphatic rings. The molecular weight excluding hydrogens is 315 g/mol. The van der Waals surface area contributed by atoms with Gasteiger partial charge >= 0.3 is 18.4 Å². The van der Waals surface area contributed by atoms with E-state index in [0.717, 1.165) is 4.90 Å². The molecule has 11 heteroatoms. The molecule has 0 aliphatic carbocycles. The van der Waals surface area contributed by atoms with Gasteiger partial charge in [-0.1, -0.05) is 6.08 Å². The number of alkyl halides is 1. The lowest BCUT2D eigenvalue weighted by Gasteiger charge is -2.28. The Hall–Kier alpha value is -2.69. The molecule has 126 valence electrons. The fourth-order valence-electron chi connectivity index (χ4n) is 2.43. The highest BCUT2D eigenvalue weighted by Gasteiger charge is 2.48. The third kappa shape index (κ3) is 3.23. The average Bonchev–Trinajstić information content (AvgIpc) is 2.70. The van der Waals surface area contributed by atoms with Gasteiger partial charge in [0, 0.05) is 6.92 Å². The van der Waals surface area contributed by atoms with Gasteiger partial charge in [-0.25, -0.2) is 18.8 Å². The smallest absolute Gasteiger partial charge is 0.368 e. The van der Waals surface area contributed by atoms with Gasteiger partial charge in [0.15, 0.2) is 0 Å². The quantitative estimate of drug-likeness (QED) is 0.443. The second-order valence-electron chi connectivity index (χ2n) is 5.07. The Morgan fingerprint density at radius 1 is 1.43 bits per heavy atom.